The molecule has 1 fully saturated rings. The van der Waals surface area contributed by atoms with Gasteiger partial charge < -0.3 is 5.32 Å². The summed E-state index contributed by atoms with van der Waals surface area (Å²) >= 11 is 0. The van der Waals surface area contributed by atoms with Crippen LogP contribution in [0.25, 0.3) is 0 Å². The number of benzene rings is 1. The first-order valence-corrected chi connectivity index (χ1v) is 6.08. The van der Waals surface area contributed by atoms with Crippen LogP contribution in [-0.4, -0.2) is 11.0 Å². The van der Waals surface area contributed by atoms with Crippen LogP contribution in [-0.2, 0) is 0 Å². The Labute approximate surface area is 105 Å². The van der Waals surface area contributed by atoms with E-state index in [4.69, 9.17) is 0 Å². The Morgan fingerprint density at radius 1 is 1.50 bits per heavy atom. The van der Waals surface area contributed by atoms with Crippen LogP contribution in [0.5, 0.6) is 0 Å². The van der Waals surface area contributed by atoms with Crippen LogP contribution in [0.2, 0.25) is 0 Å². The SMILES string of the molecule is CC1(C)CCC(Nc2ccc([N+](=O)[O-])cc2F)C1. The van der Waals surface area contributed by atoms with Crippen molar-refractivity contribution in [2.45, 2.75) is 39.2 Å². The van der Waals surface area contributed by atoms with E-state index in [1.54, 1.807) is 0 Å². The third-order valence-corrected chi connectivity index (χ3v) is 3.49. The number of nitro benzene ring substituents is 1. The number of nitrogens with zero attached hydrogens (tertiary/aromatic N) is 1. The van der Waals surface area contributed by atoms with E-state index >= 15 is 0 Å². The topological polar surface area (TPSA) is 55.2 Å². The second-order valence-corrected chi connectivity index (χ2v) is 5.67. The first kappa shape index (κ1) is 12.8. The van der Waals surface area contributed by atoms with Crippen molar-refractivity contribution in [1.29, 1.82) is 0 Å². The monoisotopic (exact) mass is 252 g/mol. The van der Waals surface area contributed by atoms with Crippen molar-refractivity contribution in [2.24, 2.45) is 5.41 Å². The third-order valence-electron chi connectivity index (χ3n) is 3.49. The molecule has 5 heteroatoms. The van der Waals surface area contributed by atoms with Crippen molar-refractivity contribution in [3.63, 3.8) is 0 Å². The van der Waals surface area contributed by atoms with Crippen molar-refractivity contribution < 1.29 is 9.31 Å². The fraction of sp³-hybridized carbons (Fsp3) is 0.538. The lowest BCUT2D eigenvalue weighted by Crippen LogP contribution is -2.18. The maximum Gasteiger partial charge on any atom is 0.272 e. The Kier molecular flexibility index (Phi) is 3.24. The molecule has 18 heavy (non-hydrogen) atoms. The molecule has 1 aliphatic carbocycles. The van der Waals surface area contributed by atoms with Gasteiger partial charge in [0.05, 0.1) is 16.7 Å². The third kappa shape index (κ3) is 2.78. The van der Waals surface area contributed by atoms with Crippen LogP contribution in [0.15, 0.2) is 18.2 Å². The molecule has 98 valence electrons. The van der Waals surface area contributed by atoms with Gasteiger partial charge in [0, 0.05) is 12.1 Å². The zero-order valence-electron chi connectivity index (χ0n) is 10.6. The van der Waals surface area contributed by atoms with Gasteiger partial charge in [-0.3, -0.25) is 10.1 Å². The normalized spacial score (nSPS) is 21.8. The molecule has 1 unspecified atom stereocenters. The minimum Gasteiger partial charge on any atom is -0.380 e. The largest absolute Gasteiger partial charge is 0.380 e. The van der Waals surface area contributed by atoms with E-state index in [9.17, 15) is 14.5 Å². The van der Waals surface area contributed by atoms with Crippen LogP contribution >= 0.6 is 0 Å². The zero-order chi connectivity index (χ0) is 13.3. The summed E-state index contributed by atoms with van der Waals surface area (Å²) in [7, 11) is 0. The number of anilines is 1. The summed E-state index contributed by atoms with van der Waals surface area (Å²) < 4.78 is 13.7. The maximum atomic E-state index is 13.7. The Balaban J connectivity index is 2.09. The number of hydrogen-bond acceptors (Lipinski definition) is 3. The predicted octanol–water partition coefficient (Wildman–Crippen LogP) is 3.72. The van der Waals surface area contributed by atoms with Gasteiger partial charge >= 0.3 is 0 Å². The first-order chi connectivity index (χ1) is 8.37. The lowest BCUT2D eigenvalue weighted by atomic mass is 9.92. The Hall–Kier alpha value is -1.65. The van der Waals surface area contributed by atoms with Crippen LogP contribution in [0.3, 0.4) is 0 Å². The minimum absolute atomic E-state index is 0.218. The van der Waals surface area contributed by atoms with Crippen molar-refractivity contribution >= 4 is 11.4 Å². The number of nitrogens with one attached hydrogen (secondary N) is 1. The van der Waals surface area contributed by atoms with E-state index in [2.05, 4.69) is 19.2 Å². The predicted molar refractivity (Wildman–Crippen MR) is 68.1 cm³/mol. The Morgan fingerprint density at radius 3 is 2.72 bits per heavy atom. The van der Waals surface area contributed by atoms with Crippen molar-refractivity contribution in [3.8, 4) is 0 Å². The van der Waals surface area contributed by atoms with Crippen LogP contribution in [0, 0.1) is 21.3 Å². The molecule has 0 bridgehead atoms. The lowest BCUT2D eigenvalue weighted by molar-refractivity contribution is -0.385. The molecule has 1 atom stereocenters. The van der Waals surface area contributed by atoms with Gasteiger partial charge in [0.1, 0.15) is 0 Å². The molecule has 0 amide bonds. The van der Waals surface area contributed by atoms with Gasteiger partial charge in [-0.2, -0.15) is 0 Å². The highest BCUT2D eigenvalue weighted by Gasteiger charge is 2.31. The average molecular weight is 252 g/mol. The number of hydrogen-bond donors (Lipinski definition) is 1. The molecule has 1 N–H and O–H groups in total. The number of rotatable bonds is 3. The van der Waals surface area contributed by atoms with E-state index in [1.165, 1.54) is 12.1 Å². The van der Waals surface area contributed by atoms with Gasteiger partial charge in [0.2, 0.25) is 0 Å². The fourth-order valence-corrected chi connectivity index (χ4v) is 2.51. The highest BCUT2D eigenvalue weighted by atomic mass is 19.1. The van der Waals surface area contributed by atoms with Gasteiger partial charge in [-0.15, -0.1) is 0 Å². The molecule has 0 spiro atoms. The highest BCUT2D eigenvalue weighted by Crippen LogP contribution is 2.38. The summed E-state index contributed by atoms with van der Waals surface area (Å²) in [5, 5.41) is 13.6. The second-order valence-electron chi connectivity index (χ2n) is 5.67. The summed E-state index contributed by atoms with van der Waals surface area (Å²) in [5.74, 6) is -0.561. The quantitative estimate of drug-likeness (QED) is 0.658. The number of halogens is 1. The minimum atomic E-state index is -0.592. The summed E-state index contributed by atoms with van der Waals surface area (Å²) in [6.45, 7) is 4.39. The number of non-ortho nitro benzene ring substituents is 1. The van der Waals surface area contributed by atoms with Gasteiger partial charge in [-0.25, -0.2) is 4.39 Å². The van der Waals surface area contributed by atoms with Crippen LogP contribution in [0.1, 0.15) is 33.1 Å². The number of nitro groups is 1. The summed E-state index contributed by atoms with van der Waals surface area (Å²) in [5.41, 5.74) is 0.419. The Morgan fingerprint density at radius 2 is 2.22 bits per heavy atom. The molecule has 1 aromatic rings. The van der Waals surface area contributed by atoms with Crippen LogP contribution in [0.4, 0.5) is 15.8 Å². The van der Waals surface area contributed by atoms with E-state index in [0.29, 0.717) is 5.69 Å². The molecule has 0 aromatic heterocycles. The van der Waals surface area contributed by atoms with Gasteiger partial charge in [0.15, 0.2) is 5.82 Å². The van der Waals surface area contributed by atoms with Crippen LogP contribution < -0.4 is 5.32 Å². The van der Waals surface area contributed by atoms with Gasteiger partial charge in [-0.05, 0) is 30.7 Å². The second kappa shape index (κ2) is 4.55. The van der Waals surface area contributed by atoms with E-state index in [0.717, 1.165) is 25.3 Å². The Bertz CT molecular complexity index is 474. The maximum absolute atomic E-state index is 13.7. The molecular formula is C13H17FN2O2. The standard InChI is InChI=1S/C13H17FN2O2/c1-13(2)6-5-9(8-13)15-12-4-3-10(16(17)18)7-11(12)14/h3-4,7,9,15H,5-6,8H2,1-2H3. The molecule has 0 heterocycles. The van der Waals surface area contributed by atoms with Crippen molar-refractivity contribution in [2.75, 3.05) is 5.32 Å². The first-order valence-electron chi connectivity index (χ1n) is 6.08. The molecule has 0 aliphatic heterocycles. The van der Waals surface area contributed by atoms with Crippen molar-refractivity contribution in [1.82, 2.24) is 0 Å². The van der Waals surface area contributed by atoms with Gasteiger partial charge in [0.25, 0.3) is 5.69 Å². The molecule has 0 saturated heterocycles. The average Bonchev–Trinajstić information content (AvgIpc) is 2.61. The van der Waals surface area contributed by atoms with E-state index in [1.807, 2.05) is 0 Å². The summed E-state index contributed by atoms with van der Waals surface area (Å²) in [6, 6.07) is 3.98. The molecule has 2 rings (SSSR count). The van der Waals surface area contributed by atoms with Gasteiger partial charge in [-0.1, -0.05) is 13.8 Å². The molecule has 1 aliphatic rings. The molecular weight excluding hydrogens is 235 g/mol. The molecule has 0 radical (unpaired) electrons. The van der Waals surface area contributed by atoms with E-state index < -0.39 is 10.7 Å². The zero-order valence-corrected chi connectivity index (χ0v) is 10.6. The summed E-state index contributed by atoms with van der Waals surface area (Å²) in [6.07, 6.45) is 3.10. The molecule has 1 saturated carbocycles. The highest BCUT2D eigenvalue weighted by molar-refractivity contribution is 5.50. The van der Waals surface area contributed by atoms with E-state index in [-0.39, 0.29) is 17.1 Å². The smallest absolute Gasteiger partial charge is 0.272 e. The fourth-order valence-electron chi connectivity index (χ4n) is 2.51. The summed E-state index contributed by atoms with van der Waals surface area (Å²) in [4.78, 5) is 9.92. The lowest BCUT2D eigenvalue weighted by Gasteiger charge is -2.18. The molecule has 1 aromatic carbocycles. The molecule has 4 nitrogen and oxygen atoms in total. The van der Waals surface area contributed by atoms with Crippen molar-refractivity contribution in [3.05, 3.63) is 34.1 Å².